The number of rotatable bonds is 4. The highest BCUT2D eigenvalue weighted by molar-refractivity contribution is 5.97. The van der Waals surface area contributed by atoms with E-state index in [1.165, 1.54) is 19.3 Å². The van der Waals surface area contributed by atoms with Crippen molar-refractivity contribution < 1.29 is 9.90 Å². The molecule has 140 valence electrons. The molecule has 6 nitrogen and oxygen atoms in total. The molecule has 2 heterocycles. The van der Waals surface area contributed by atoms with Gasteiger partial charge in [-0.1, -0.05) is 19.3 Å². The largest absolute Gasteiger partial charge is 0.392 e. The zero-order valence-electron chi connectivity index (χ0n) is 15.4. The minimum Gasteiger partial charge on any atom is -0.392 e. The van der Waals surface area contributed by atoms with Crippen LogP contribution < -0.4 is 5.32 Å². The van der Waals surface area contributed by atoms with E-state index in [-0.39, 0.29) is 12.0 Å². The van der Waals surface area contributed by atoms with Crippen LogP contribution in [0.25, 0.3) is 11.0 Å². The van der Waals surface area contributed by atoms with Crippen LogP contribution in [0.3, 0.4) is 0 Å². The highest BCUT2D eigenvalue weighted by Crippen LogP contribution is 2.23. The van der Waals surface area contributed by atoms with Gasteiger partial charge in [0.05, 0.1) is 23.7 Å². The number of aliphatic hydroxyl groups is 1. The Morgan fingerprint density at radius 1 is 1.31 bits per heavy atom. The number of hydrogen-bond donors (Lipinski definition) is 2. The van der Waals surface area contributed by atoms with E-state index in [1.807, 2.05) is 25.1 Å². The number of carbonyl (C=O) groups is 1. The third-order valence-corrected chi connectivity index (χ3v) is 5.56. The molecule has 2 aromatic rings. The molecule has 2 N–H and O–H groups in total. The van der Waals surface area contributed by atoms with Crippen LogP contribution in [0.4, 0.5) is 0 Å². The van der Waals surface area contributed by atoms with Crippen molar-refractivity contribution in [3.8, 4) is 0 Å². The van der Waals surface area contributed by atoms with Gasteiger partial charge in [-0.25, -0.2) is 4.98 Å². The lowest BCUT2D eigenvalue weighted by Crippen LogP contribution is -2.37. The topological polar surface area (TPSA) is 70.4 Å². The van der Waals surface area contributed by atoms with E-state index in [9.17, 15) is 9.90 Å². The standard InChI is InChI=1S/C20H28N4O2/c1-14(25)12-23-9-10-24-18-8-7-15(11-17(18)22-19(24)13-23)20(26)21-16-5-3-2-4-6-16/h7-8,11,14,16,25H,2-6,9-10,12-13H2,1H3,(H,21,26)/t14-/m1/s1. The van der Waals surface area contributed by atoms with Gasteiger partial charge in [-0.2, -0.15) is 0 Å². The van der Waals surface area contributed by atoms with E-state index in [0.29, 0.717) is 18.2 Å². The first-order chi connectivity index (χ1) is 12.6. The molecule has 6 heteroatoms. The van der Waals surface area contributed by atoms with E-state index in [4.69, 9.17) is 4.98 Å². The van der Waals surface area contributed by atoms with E-state index < -0.39 is 0 Å². The first-order valence-electron chi connectivity index (χ1n) is 9.80. The molecule has 26 heavy (non-hydrogen) atoms. The minimum absolute atomic E-state index is 0.0144. The number of fused-ring (bicyclic) bond motifs is 3. The maximum atomic E-state index is 12.6. The number of aromatic nitrogens is 2. The van der Waals surface area contributed by atoms with Gasteiger partial charge in [0.1, 0.15) is 5.82 Å². The van der Waals surface area contributed by atoms with Gasteiger partial charge >= 0.3 is 0 Å². The van der Waals surface area contributed by atoms with Crippen LogP contribution in [0.1, 0.15) is 55.2 Å². The fourth-order valence-electron chi connectivity index (χ4n) is 4.26. The summed E-state index contributed by atoms with van der Waals surface area (Å²) in [5.74, 6) is 1.03. The maximum Gasteiger partial charge on any atom is 0.251 e. The molecule has 1 atom stereocenters. The van der Waals surface area contributed by atoms with Crippen molar-refractivity contribution in [3.05, 3.63) is 29.6 Å². The summed E-state index contributed by atoms with van der Waals surface area (Å²) in [6.07, 6.45) is 5.55. The summed E-state index contributed by atoms with van der Waals surface area (Å²) in [7, 11) is 0. The van der Waals surface area contributed by atoms with Crippen LogP contribution in [0, 0.1) is 0 Å². The average Bonchev–Trinajstić information content (AvgIpc) is 2.98. The summed E-state index contributed by atoms with van der Waals surface area (Å²) in [5, 5.41) is 12.8. The Bertz CT molecular complexity index is 792. The Morgan fingerprint density at radius 3 is 2.88 bits per heavy atom. The monoisotopic (exact) mass is 356 g/mol. The number of carbonyl (C=O) groups excluding carboxylic acids is 1. The number of imidazole rings is 1. The Morgan fingerprint density at radius 2 is 2.12 bits per heavy atom. The maximum absolute atomic E-state index is 12.6. The summed E-state index contributed by atoms with van der Waals surface area (Å²) in [5.41, 5.74) is 2.67. The van der Waals surface area contributed by atoms with Crippen molar-refractivity contribution in [2.24, 2.45) is 0 Å². The Kier molecular flexibility index (Phi) is 4.96. The number of aliphatic hydroxyl groups excluding tert-OH is 1. The van der Waals surface area contributed by atoms with E-state index >= 15 is 0 Å². The van der Waals surface area contributed by atoms with Gasteiger partial charge in [0.2, 0.25) is 0 Å². The molecule has 0 unspecified atom stereocenters. The van der Waals surface area contributed by atoms with Crippen LogP contribution in [0.5, 0.6) is 0 Å². The molecule has 1 saturated carbocycles. The van der Waals surface area contributed by atoms with Gasteiger partial charge in [-0.3, -0.25) is 9.69 Å². The molecule has 0 spiro atoms. The van der Waals surface area contributed by atoms with Crippen LogP contribution in [-0.2, 0) is 13.1 Å². The van der Waals surface area contributed by atoms with Gasteiger partial charge < -0.3 is 15.0 Å². The number of benzene rings is 1. The zero-order valence-corrected chi connectivity index (χ0v) is 15.4. The molecule has 1 aliphatic carbocycles. The second-order valence-electron chi connectivity index (χ2n) is 7.78. The van der Waals surface area contributed by atoms with Crippen LogP contribution in [0.2, 0.25) is 0 Å². The molecular formula is C20H28N4O2. The second kappa shape index (κ2) is 7.37. The average molecular weight is 356 g/mol. The summed E-state index contributed by atoms with van der Waals surface area (Å²) in [4.78, 5) is 19.6. The molecule has 1 aromatic heterocycles. The Labute approximate surface area is 154 Å². The molecule has 0 radical (unpaired) electrons. The van der Waals surface area contributed by atoms with Gasteiger partial charge in [0, 0.05) is 31.2 Å². The summed E-state index contributed by atoms with van der Waals surface area (Å²) < 4.78 is 2.23. The summed E-state index contributed by atoms with van der Waals surface area (Å²) in [6.45, 7) is 5.00. The molecule has 1 fully saturated rings. The SMILES string of the molecule is C[C@@H](O)CN1CCn2c(nc3cc(C(=O)NC4CCCCC4)ccc32)C1. The smallest absolute Gasteiger partial charge is 0.251 e. The van der Waals surface area contributed by atoms with E-state index in [1.54, 1.807) is 0 Å². The predicted molar refractivity (Wildman–Crippen MR) is 101 cm³/mol. The molecular weight excluding hydrogens is 328 g/mol. The predicted octanol–water partition coefficient (Wildman–Crippen LogP) is 2.30. The lowest BCUT2D eigenvalue weighted by molar-refractivity contribution is 0.0927. The summed E-state index contributed by atoms with van der Waals surface area (Å²) in [6, 6.07) is 6.16. The van der Waals surface area contributed by atoms with Crippen LogP contribution in [-0.4, -0.2) is 50.7 Å². The molecule has 1 aliphatic heterocycles. The van der Waals surface area contributed by atoms with Gasteiger partial charge in [-0.05, 0) is 38.0 Å². The quantitative estimate of drug-likeness (QED) is 0.882. The first-order valence-corrected chi connectivity index (χ1v) is 9.80. The first kappa shape index (κ1) is 17.5. The van der Waals surface area contributed by atoms with Crippen molar-refractivity contribution in [2.75, 3.05) is 13.1 Å². The normalized spacial score (nSPS) is 20.1. The molecule has 4 rings (SSSR count). The van der Waals surface area contributed by atoms with Crippen LogP contribution in [0.15, 0.2) is 18.2 Å². The summed E-state index contributed by atoms with van der Waals surface area (Å²) >= 11 is 0. The fraction of sp³-hybridized carbons (Fsp3) is 0.600. The van der Waals surface area contributed by atoms with E-state index in [2.05, 4.69) is 14.8 Å². The number of nitrogens with zero attached hydrogens (tertiary/aromatic N) is 3. The van der Waals surface area contributed by atoms with Crippen molar-refractivity contribution in [2.45, 2.75) is 64.3 Å². The minimum atomic E-state index is -0.332. The van der Waals surface area contributed by atoms with Crippen molar-refractivity contribution >= 4 is 16.9 Å². The molecule has 2 aliphatic rings. The lowest BCUT2D eigenvalue weighted by Gasteiger charge is -2.28. The highest BCUT2D eigenvalue weighted by Gasteiger charge is 2.22. The third-order valence-electron chi connectivity index (χ3n) is 5.56. The van der Waals surface area contributed by atoms with Crippen molar-refractivity contribution in [1.29, 1.82) is 0 Å². The molecule has 0 saturated heterocycles. The number of hydrogen-bond acceptors (Lipinski definition) is 4. The second-order valence-corrected chi connectivity index (χ2v) is 7.78. The van der Waals surface area contributed by atoms with Crippen LogP contribution >= 0.6 is 0 Å². The molecule has 0 bridgehead atoms. The molecule has 1 amide bonds. The van der Waals surface area contributed by atoms with Gasteiger partial charge in [-0.15, -0.1) is 0 Å². The molecule has 1 aromatic carbocycles. The van der Waals surface area contributed by atoms with Crippen molar-refractivity contribution in [3.63, 3.8) is 0 Å². The fourth-order valence-corrected chi connectivity index (χ4v) is 4.26. The zero-order chi connectivity index (χ0) is 18.1. The lowest BCUT2D eigenvalue weighted by atomic mass is 9.95. The number of β-amino-alcohol motifs (C(OH)–C–C–N with tert-alkyl or cyclic N) is 1. The highest BCUT2D eigenvalue weighted by atomic mass is 16.3. The van der Waals surface area contributed by atoms with Gasteiger partial charge in [0.25, 0.3) is 5.91 Å². The van der Waals surface area contributed by atoms with Crippen molar-refractivity contribution in [1.82, 2.24) is 19.8 Å². The van der Waals surface area contributed by atoms with E-state index in [0.717, 1.165) is 49.3 Å². The Balaban J connectivity index is 1.52. The third kappa shape index (κ3) is 3.62. The number of amides is 1. The Hall–Kier alpha value is -1.92. The number of nitrogens with one attached hydrogen (secondary N) is 1. The van der Waals surface area contributed by atoms with Gasteiger partial charge in [0.15, 0.2) is 0 Å².